The summed E-state index contributed by atoms with van der Waals surface area (Å²) >= 11 is 0. The molecule has 0 aliphatic rings. The lowest BCUT2D eigenvalue weighted by atomic mass is 10.2. The molecule has 0 atom stereocenters. The van der Waals surface area contributed by atoms with Crippen molar-refractivity contribution in [2.24, 2.45) is 4.99 Å². The lowest BCUT2D eigenvalue weighted by molar-refractivity contribution is 1.31. The van der Waals surface area contributed by atoms with Gasteiger partial charge in [0.2, 0.25) is 0 Å². The van der Waals surface area contributed by atoms with Crippen molar-refractivity contribution >= 4 is 5.71 Å². The summed E-state index contributed by atoms with van der Waals surface area (Å²) < 4.78 is 0. The first-order valence-corrected chi connectivity index (χ1v) is 3.18. The number of pyridine rings is 1. The second-order valence-corrected chi connectivity index (χ2v) is 2.04. The van der Waals surface area contributed by atoms with E-state index in [1.54, 1.807) is 19.4 Å². The van der Waals surface area contributed by atoms with E-state index in [9.17, 15) is 0 Å². The number of nitrogens with zero attached hydrogens (tertiary/aromatic N) is 2. The number of aliphatic imine (C=N–C) groups is 1. The first kappa shape index (κ1) is 6.93. The molecule has 1 aromatic rings. The smallest absolute Gasteiger partial charge is 0.0387 e. The normalized spacial score (nSPS) is 11.6. The van der Waals surface area contributed by atoms with Crippen LogP contribution in [-0.4, -0.2) is 17.7 Å². The van der Waals surface area contributed by atoms with Gasteiger partial charge in [-0.1, -0.05) is 0 Å². The molecule has 0 amide bonds. The van der Waals surface area contributed by atoms with Gasteiger partial charge in [-0.25, -0.2) is 0 Å². The zero-order chi connectivity index (χ0) is 7.40. The molecule has 0 unspecified atom stereocenters. The molecule has 0 saturated heterocycles. The van der Waals surface area contributed by atoms with E-state index in [-0.39, 0.29) is 0 Å². The predicted octanol–water partition coefficient (Wildman–Crippen LogP) is 1.52. The van der Waals surface area contributed by atoms with Crippen LogP contribution in [0.25, 0.3) is 0 Å². The molecule has 0 radical (unpaired) electrons. The summed E-state index contributed by atoms with van der Waals surface area (Å²) in [7, 11) is 1.79. The largest absolute Gasteiger partial charge is 0.293 e. The van der Waals surface area contributed by atoms with Gasteiger partial charge in [0, 0.05) is 25.2 Å². The van der Waals surface area contributed by atoms with Crippen LogP contribution in [0.5, 0.6) is 0 Å². The highest BCUT2D eigenvalue weighted by Gasteiger charge is 1.91. The maximum Gasteiger partial charge on any atom is 0.0387 e. The monoisotopic (exact) mass is 134 g/mol. The Morgan fingerprint density at radius 2 is 2.00 bits per heavy atom. The number of aromatic nitrogens is 1. The summed E-state index contributed by atoms with van der Waals surface area (Å²) in [5.41, 5.74) is 2.18. The maximum atomic E-state index is 4.05. The number of rotatable bonds is 1. The van der Waals surface area contributed by atoms with Crippen LogP contribution in [0, 0.1) is 0 Å². The van der Waals surface area contributed by atoms with E-state index in [4.69, 9.17) is 0 Å². The van der Waals surface area contributed by atoms with E-state index in [1.807, 2.05) is 19.1 Å². The maximum absolute atomic E-state index is 4.05. The van der Waals surface area contributed by atoms with Crippen LogP contribution in [0.4, 0.5) is 0 Å². The highest BCUT2D eigenvalue weighted by molar-refractivity contribution is 5.98. The van der Waals surface area contributed by atoms with E-state index in [0.29, 0.717) is 0 Å². The minimum Gasteiger partial charge on any atom is -0.293 e. The molecule has 1 aromatic heterocycles. The zero-order valence-corrected chi connectivity index (χ0v) is 6.20. The van der Waals surface area contributed by atoms with Gasteiger partial charge in [-0.05, 0) is 24.6 Å². The highest BCUT2D eigenvalue weighted by atomic mass is 14.7. The molecule has 0 aliphatic heterocycles. The molecule has 0 bridgehead atoms. The minimum atomic E-state index is 1.04. The van der Waals surface area contributed by atoms with Gasteiger partial charge in [0.1, 0.15) is 0 Å². The molecular weight excluding hydrogens is 124 g/mol. The Kier molecular flexibility index (Phi) is 2.15. The molecule has 10 heavy (non-hydrogen) atoms. The zero-order valence-electron chi connectivity index (χ0n) is 6.20. The Bertz CT molecular complexity index is 226. The lowest BCUT2D eigenvalue weighted by Gasteiger charge is -1.95. The van der Waals surface area contributed by atoms with Gasteiger partial charge in [0.05, 0.1) is 0 Å². The van der Waals surface area contributed by atoms with Crippen molar-refractivity contribution in [3.8, 4) is 0 Å². The minimum absolute atomic E-state index is 1.04. The van der Waals surface area contributed by atoms with Crippen molar-refractivity contribution < 1.29 is 0 Å². The summed E-state index contributed by atoms with van der Waals surface area (Å²) in [6.45, 7) is 1.98. The molecule has 1 heterocycles. The van der Waals surface area contributed by atoms with Crippen molar-refractivity contribution in [3.63, 3.8) is 0 Å². The SMILES string of the molecule is CN=C(C)c1ccncc1. The summed E-state index contributed by atoms with van der Waals surface area (Å²) in [5.74, 6) is 0. The Hall–Kier alpha value is -1.18. The second-order valence-electron chi connectivity index (χ2n) is 2.04. The Morgan fingerprint density at radius 3 is 2.50 bits per heavy atom. The van der Waals surface area contributed by atoms with Crippen LogP contribution in [0.2, 0.25) is 0 Å². The summed E-state index contributed by atoms with van der Waals surface area (Å²) in [6, 6.07) is 3.89. The highest BCUT2D eigenvalue weighted by Crippen LogP contribution is 1.97. The van der Waals surface area contributed by atoms with E-state index in [0.717, 1.165) is 11.3 Å². The van der Waals surface area contributed by atoms with Gasteiger partial charge in [0.15, 0.2) is 0 Å². The molecule has 0 N–H and O–H groups in total. The van der Waals surface area contributed by atoms with Gasteiger partial charge >= 0.3 is 0 Å². The van der Waals surface area contributed by atoms with Gasteiger partial charge in [0.25, 0.3) is 0 Å². The average Bonchev–Trinajstić information content (AvgIpc) is 2.05. The molecule has 0 saturated carbocycles. The van der Waals surface area contributed by atoms with Crippen molar-refractivity contribution in [1.29, 1.82) is 0 Å². The van der Waals surface area contributed by atoms with Crippen LogP contribution in [0.3, 0.4) is 0 Å². The summed E-state index contributed by atoms with van der Waals surface area (Å²) in [6.07, 6.45) is 3.54. The molecule has 52 valence electrons. The topological polar surface area (TPSA) is 25.2 Å². The molecule has 0 spiro atoms. The lowest BCUT2D eigenvalue weighted by Crippen LogP contribution is -1.92. The van der Waals surface area contributed by atoms with E-state index < -0.39 is 0 Å². The third-order valence-corrected chi connectivity index (χ3v) is 1.43. The van der Waals surface area contributed by atoms with Crippen molar-refractivity contribution in [1.82, 2.24) is 4.98 Å². The molecule has 0 aliphatic carbocycles. The molecule has 0 fully saturated rings. The molecule has 2 nitrogen and oxygen atoms in total. The predicted molar refractivity (Wildman–Crippen MR) is 42.4 cm³/mol. The van der Waals surface area contributed by atoms with Crippen LogP contribution in [0.15, 0.2) is 29.5 Å². The summed E-state index contributed by atoms with van der Waals surface area (Å²) in [4.78, 5) is 7.95. The van der Waals surface area contributed by atoms with Crippen LogP contribution >= 0.6 is 0 Å². The third kappa shape index (κ3) is 1.41. The first-order chi connectivity index (χ1) is 4.84. The Labute approximate surface area is 60.6 Å². The average molecular weight is 134 g/mol. The van der Waals surface area contributed by atoms with E-state index in [2.05, 4.69) is 9.98 Å². The third-order valence-electron chi connectivity index (χ3n) is 1.43. The van der Waals surface area contributed by atoms with E-state index >= 15 is 0 Å². The van der Waals surface area contributed by atoms with Gasteiger partial charge in [-0.3, -0.25) is 9.98 Å². The molecular formula is C8H10N2. The quantitative estimate of drug-likeness (QED) is 0.534. The first-order valence-electron chi connectivity index (χ1n) is 3.18. The van der Waals surface area contributed by atoms with Gasteiger partial charge in [-0.2, -0.15) is 0 Å². The van der Waals surface area contributed by atoms with Crippen LogP contribution < -0.4 is 0 Å². The fourth-order valence-corrected chi connectivity index (χ4v) is 0.722. The van der Waals surface area contributed by atoms with Gasteiger partial charge < -0.3 is 0 Å². The van der Waals surface area contributed by atoms with Crippen molar-refractivity contribution in [2.75, 3.05) is 7.05 Å². The Balaban J connectivity index is 2.96. The van der Waals surface area contributed by atoms with Crippen LogP contribution in [0.1, 0.15) is 12.5 Å². The van der Waals surface area contributed by atoms with Crippen LogP contribution in [-0.2, 0) is 0 Å². The molecule has 2 heteroatoms. The number of hydrogen-bond donors (Lipinski definition) is 0. The summed E-state index contributed by atoms with van der Waals surface area (Å²) in [5, 5.41) is 0. The van der Waals surface area contributed by atoms with Gasteiger partial charge in [-0.15, -0.1) is 0 Å². The number of hydrogen-bond acceptors (Lipinski definition) is 2. The standard InChI is InChI=1S/C8H10N2/c1-7(9-2)8-3-5-10-6-4-8/h3-6H,1-2H3. The molecule has 1 rings (SSSR count). The van der Waals surface area contributed by atoms with Crippen molar-refractivity contribution in [3.05, 3.63) is 30.1 Å². The fraction of sp³-hybridized carbons (Fsp3) is 0.250. The van der Waals surface area contributed by atoms with Crippen molar-refractivity contribution in [2.45, 2.75) is 6.92 Å². The Morgan fingerprint density at radius 1 is 1.40 bits per heavy atom. The molecule has 0 aromatic carbocycles. The second kappa shape index (κ2) is 3.11. The fourth-order valence-electron chi connectivity index (χ4n) is 0.722. The van der Waals surface area contributed by atoms with E-state index in [1.165, 1.54) is 0 Å².